The minimum absolute atomic E-state index is 0.116. The Morgan fingerprint density at radius 3 is 1.00 bits per heavy atom. The van der Waals surface area contributed by atoms with E-state index in [4.69, 9.17) is 0 Å². The molecule has 2 aliphatic carbocycles. The Balaban J connectivity index is 2.63. The molecule has 0 aliphatic heterocycles. The van der Waals surface area contributed by atoms with Crippen molar-refractivity contribution >= 4 is 0 Å². The zero-order chi connectivity index (χ0) is 30.6. The van der Waals surface area contributed by atoms with Gasteiger partial charge in [0, 0.05) is 5.92 Å². The van der Waals surface area contributed by atoms with Gasteiger partial charge in [-0.25, -0.2) is 0 Å². The molecule has 21 heteroatoms. The van der Waals surface area contributed by atoms with E-state index in [9.17, 15) is 92.2 Å². The van der Waals surface area contributed by atoms with Gasteiger partial charge in [-0.05, 0) is 25.2 Å². The minimum Gasteiger partial charge on any atom is -0.199 e. The molecule has 0 heterocycles. The van der Waals surface area contributed by atoms with Gasteiger partial charge in [0.05, 0.1) is 0 Å². The molecule has 2 atom stereocenters. The van der Waals surface area contributed by atoms with E-state index < -0.39 is 90.6 Å². The fourth-order valence-corrected chi connectivity index (χ4v) is 3.97. The Morgan fingerprint density at radius 2 is 0.737 bits per heavy atom. The molecule has 1 saturated carbocycles. The average molecular weight is 612 g/mol. The van der Waals surface area contributed by atoms with Crippen molar-refractivity contribution in [1.82, 2.24) is 0 Å². The molecule has 1 fully saturated rings. The zero-order valence-corrected chi connectivity index (χ0v) is 17.3. The number of fused-ring (bicyclic) bond motifs is 2. The van der Waals surface area contributed by atoms with Gasteiger partial charge in [-0.2, -0.15) is 92.2 Å². The normalized spacial score (nSPS) is 23.2. The highest BCUT2D eigenvalue weighted by Crippen LogP contribution is 2.67. The highest BCUT2D eigenvalue weighted by molar-refractivity contribution is 5.24. The van der Waals surface area contributed by atoms with Crippen LogP contribution in [0.1, 0.15) is 19.3 Å². The van der Waals surface area contributed by atoms with Crippen LogP contribution in [0, 0.1) is 11.8 Å². The lowest BCUT2D eigenvalue weighted by atomic mass is 9.79. The summed E-state index contributed by atoms with van der Waals surface area (Å²) in [4.78, 5) is 0. The Hall–Kier alpha value is -1.73. The van der Waals surface area contributed by atoms with Gasteiger partial charge >= 0.3 is 59.5 Å². The van der Waals surface area contributed by atoms with Crippen LogP contribution >= 0.6 is 0 Å². The van der Waals surface area contributed by atoms with Crippen LogP contribution in [0.2, 0.25) is 0 Å². The van der Waals surface area contributed by atoms with Gasteiger partial charge < -0.3 is 0 Å². The molecule has 0 radical (unpaired) electrons. The third kappa shape index (κ3) is 3.63. The standard InChI is InChI=1S/C17H9F21/c18-8(19,7-4-5-1-2-6(7)3-5)9(20,21)10(22,23)11(24,25)12(26,27)13(28,29)14(30,31)15(32,33)16(34,35)17(36,37)38/h1,6-7H,2-4H2. The smallest absolute Gasteiger partial charge is 0.199 e. The second kappa shape index (κ2) is 8.15. The highest BCUT2D eigenvalue weighted by Gasteiger charge is 2.98. The maximum atomic E-state index is 14.3. The second-order valence-corrected chi connectivity index (χ2v) is 8.59. The van der Waals surface area contributed by atoms with E-state index in [0.29, 0.717) is 0 Å². The van der Waals surface area contributed by atoms with Crippen molar-refractivity contribution in [2.24, 2.45) is 11.8 Å². The summed E-state index contributed by atoms with van der Waals surface area (Å²) in [6, 6.07) is 0. The van der Waals surface area contributed by atoms with Gasteiger partial charge in [0.2, 0.25) is 0 Å². The van der Waals surface area contributed by atoms with Crippen LogP contribution in [0.25, 0.3) is 0 Å². The molecule has 0 aromatic heterocycles. The van der Waals surface area contributed by atoms with Crippen LogP contribution in [0.15, 0.2) is 11.6 Å². The molecule has 2 unspecified atom stereocenters. The van der Waals surface area contributed by atoms with Crippen molar-refractivity contribution in [1.29, 1.82) is 0 Å². The first kappa shape index (κ1) is 32.5. The maximum absolute atomic E-state index is 14.3. The van der Waals surface area contributed by atoms with Gasteiger partial charge in [0.25, 0.3) is 0 Å². The van der Waals surface area contributed by atoms with Crippen molar-refractivity contribution in [2.75, 3.05) is 0 Å². The summed E-state index contributed by atoms with van der Waals surface area (Å²) in [5.41, 5.74) is -0.116. The molecule has 0 aromatic rings. The molecule has 0 saturated heterocycles. The first-order chi connectivity index (χ1) is 16.3. The predicted molar refractivity (Wildman–Crippen MR) is 79.5 cm³/mol. The molecule has 38 heavy (non-hydrogen) atoms. The summed E-state index contributed by atoms with van der Waals surface area (Å²) in [5, 5.41) is 0. The number of hydrogen-bond donors (Lipinski definition) is 0. The number of hydrogen-bond acceptors (Lipinski definition) is 0. The van der Waals surface area contributed by atoms with Gasteiger partial charge in [-0.3, -0.25) is 0 Å². The summed E-state index contributed by atoms with van der Waals surface area (Å²) in [6.07, 6.45) is -9.13. The topological polar surface area (TPSA) is 0 Å². The van der Waals surface area contributed by atoms with Crippen molar-refractivity contribution < 1.29 is 92.2 Å². The number of alkyl halides is 21. The maximum Gasteiger partial charge on any atom is 0.460 e. The van der Waals surface area contributed by atoms with Crippen LogP contribution < -0.4 is 0 Å². The van der Waals surface area contributed by atoms with Crippen molar-refractivity contribution in [3.63, 3.8) is 0 Å². The summed E-state index contributed by atoms with van der Waals surface area (Å²) in [7, 11) is 0. The molecule has 0 amide bonds. The Kier molecular flexibility index (Phi) is 6.97. The molecule has 0 aromatic carbocycles. The van der Waals surface area contributed by atoms with Gasteiger partial charge in [0.1, 0.15) is 0 Å². The van der Waals surface area contributed by atoms with Crippen LogP contribution in [0.3, 0.4) is 0 Å². The van der Waals surface area contributed by atoms with Crippen LogP contribution in [0.5, 0.6) is 0 Å². The summed E-state index contributed by atoms with van der Waals surface area (Å²) in [6.45, 7) is 0. The first-order valence-electron chi connectivity index (χ1n) is 9.47. The van der Waals surface area contributed by atoms with E-state index >= 15 is 0 Å². The van der Waals surface area contributed by atoms with E-state index in [0.717, 1.165) is 6.08 Å². The minimum atomic E-state index is -9.13. The zero-order valence-electron chi connectivity index (χ0n) is 17.3. The summed E-state index contributed by atoms with van der Waals surface area (Å²) < 4.78 is 282. The first-order valence-corrected chi connectivity index (χ1v) is 9.47. The number of halogens is 21. The van der Waals surface area contributed by atoms with E-state index in [2.05, 4.69) is 0 Å². The molecule has 0 nitrogen and oxygen atoms in total. The molecule has 2 rings (SSSR count). The predicted octanol–water partition coefficient (Wildman–Crippen LogP) is 8.62. The van der Waals surface area contributed by atoms with E-state index in [1.54, 1.807) is 0 Å². The Morgan fingerprint density at radius 1 is 0.421 bits per heavy atom. The fraction of sp³-hybridized carbons (Fsp3) is 0.882. The lowest BCUT2D eigenvalue weighted by molar-refractivity contribution is -0.475. The Bertz CT molecular complexity index is 951. The monoisotopic (exact) mass is 612 g/mol. The molecule has 0 spiro atoms. The summed E-state index contributed by atoms with van der Waals surface area (Å²) in [5.74, 6) is -81.0. The van der Waals surface area contributed by atoms with Crippen LogP contribution in [-0.2, 0) is 0 Å². The molecular weight excluding hydrogens is 603 g/mol. The third-order valence-corrected chi connectivity index (χ3v) is 6.29. The number of allylic oxidation sites excluding steroid dienone is 2. The highest BCUT2D eigenvalue weighted by atomic mass is 19.4. The summed E-state index contributed by atoms with van der Waals surface area (Å²) >= 11 is 0. The van der Waals surface area contributed by atoms with Gasteiger partial charge in [0.15, 0.2) is 0 Å². The van der Waals surface area contributed by atoms with Gasteiger partial charge in [-0.15, -0.1) is 0 Å². The van der Waals surface area contributed by atoms with Crippen LogP contribution in [-0.4, -0.2) is 59.5 Å². The SMILES string of the molecule is FC(F)(F)C(F)(F)C(F)(F)C(F)(F)C(F)(F)C(F)(F)C(F)(F)C(F)(F)C(F)(F)C(F)(F)C1CC2=CCC1C2. The average Bonchev–Trinajstić information content (AvgIpc) is 3.35. The lowest BCUT2D eigenvalue weighted by Crippen LogP contribution is -2.77. The van der Waals surface area contributed by atoms with Crippen molar-refractivity contribution in [3.8, 4) is 0 Å². The molecular formula is C17H9F21. The van der Waals surface area contributed by atoms with Crippen molar-refractivity contribution in [2.45, 2.75) is 78.7 Å². The van der Waals surface area contributed by atoms with Crippen molar-refractivity contribution in [3.05, 3.63) is 11.6 Å². The Labute approximate surface area is 195 Å². The largest absolute Gasteiger partial charge is 0.460 e. The van der Waals surface area contributed by atoms with E-state index in [1.807, 2.05) is 0 Å². The molecule has 224 valence electrons. The number of rotatable bonds is 9. The van der Waals surface area contributed by atoms with Gasteiger partial charge in [-0.1, -0.05) is 11.6 Å². The van der Waals surface area contributed by atoms with E-state index in [1.165, 1.54) is 0 Å². The second-order valence-electron chi connectivity index (χ2n) is 8.59. The quantitative estimate of drug-likeness (QED) is 0.181. The lowest BCUT2D eigenvalue weighted by Gasteiger charge is -2.45. The molecule has 0 N–H and O–H groups in total. The molecule has 2 aliphatic rings. The van der Waals surface area contributed by atoms with Crippen LogP contribution in [0.4, 0.5) is 92.2 Å². The van der Waals surface area contributed by atoms with E-state index in [-0.39, 0.29) is 5.57 Å². The molecule has 2 bridgehead atoms. The third-order valence-electron chi connectivity index (χ3n) is 6.29. The fourth-order valence-electron chi connectivity index (χ4n) is 3.97.